The van der Waals surface area contributed by atoms with Crippen molar-refractivity contribution in [3.05, 3.63) is 137 Å². The maximum absolute atomic E-state index is 15.9. The van der Waals surface area contributed by atoms with Gasteiger partial charge in [0.05, 0.1) is 11.6 Å². The molecule has 1 aliphatic heterocycles. The number of rotatable bonds is 18. The van der Waals surface area contributed by atoms with Gasteiger partial charge in [0.2, 0.25) is 0 Å². The number of fused-ring (bicyclic) bond motifs is 4. The summed E-state index contributed by atoms with van der Waals surface area (Å²) >= 11 is 0. The second kappa shape index (κ2) is 20.2. The number of anilines is 1. The fourth-order valence-corrected chi connectivity index (χ4v) is 11.8. The number of halogens is 3. The van der Waals surface area contributed by atoms with Crippen LogP contribution in [0, 0.1) is 11.8 Å². The van der Waals surface area contributed by atoms with Crippen LogP contribution in [0.2, 0.25) is 18.1 Å². The summed E-state index contributed by atoms with van der Waals surface area (Å²) in [6.45, 7) is 19.9. The summed E-state index contributed by atoms with van der Waals surface area (Å²) in [7, 11) is -3.12. The van der Waals surface area contributed by atoms with Crippen LogP contribution in [0.5, 0.6) is 17.4 Å². The number of benzene rings is 3. The fraction of sp³-hybridized carbons (Fsp3) is 0.426. The topological polar surface area (TPSA) is 161 Å². The van der Waals surface area contributed by atoms with E-state index >= 15 is 9.59 Å². The molecule has 1 aromatic heterocycles. The molecular weight excluding hydrogens is 950 g/mol. The summed E-state index contributed by atoms with van der Waals surface area (Å²) in [6.07, 6.45) is -1.60. The molecule has 3 aliphatic carbocycles. The summed E-state index contributed by atoms with van der Waals surface area (Å²) < 4.78 is 75.1. The number of ketones is 2. The van der Waals surface area contributed by atoms with Crippen molar-refractivity contribution in [2.24, 2.45) is 11.8 Å². The maximum Gasteiger partial charge on any atom is 0.573 e. The number of hydrogen-bond acceptors (Lipinski definition) is 12. The number of carbonyl (C=O) groups is 4. The second-order valence-corrected chi connectivity index (χ2v) is 25.1. The van der Waals surface area contributed by atoms with Gasteiger partial charge in [-0.3, -0.25) is 19.3 Å². The lowest BCUT2D eigenvalue weighted by Crippen LogP contribution is -2.60. The second-order valence-electron chi connectivity index (χ2n) is 20.3. The van der Waals surface area contributed by atoms with E-state index in [0.717, 1.165) is 16.5 Å². The van der Waals surface area contributed by atoms with Crippen molar-refractivity contribution in [1.82, 2.24) is 15.0 Å². The number of carbonyl (C=O) groups excluding carboxylic acids is 4. The van der Waals surface area contributed by atoms with Gasteiger partial charge in [0.1, 0.15) is 48.1 Å². The summed E-state index contributed by atoms with van der Waals surface area (Å²) in [5.74, 6) is -5.92. The van der Waals surface area contributed by atoms with Crippen molar-refractivity contribution in [3.8, 4) is 17.4 Å². The van der Waals surface area contributed by atoms with Crippen LogP contribution in [-0.2, 0) is 28.9 Å². The van der Waals surface area contributed by atoms with Crippen LogP contribution in [0.3, 0.4) is 0 Å². The van der Waals surface area contributed by atoms with Gasteiger partial charge in [0.25, 0.3) is 11.8 Å². The monoisotopic (exact) mass is 1010 g/mol. The Bertz CT molecular complexity index is 2780. The number of nitrogens with zero attached hydrogens (tertiary/aromatic N) is 4. The van der Waals surface area contributed by atoms with Crippen molar-refractivity contribution in [1.29, 1.82) is 0 Å². The highest BCUT2D eigenvalue weighted by atomic mass is 28.4. The van der Waals surface area contributed by atoms with E-state index in [0.29, 0.717) is 18.4 Å². The summed E-state index contributed by atoms with van der Waals surface area (Å²) in [5.41, 5.74) is -1.82. The van der Waals surface area contributed by atoms with Gasteiger partial charge in [-0.05, 0) is 59.6 Å². The third-order valence-electron chi connectivity index (χ3n) is 14.6. The quantitative estimate of drug-likeness (QED) is 0.0571. The average molecular weight is 1010 g/mol. The van der Waals surface area contributed by atoms with Crippen LogP contribution in [-0.4, -0.2) is 90.0 Å². The lowest BCUT2D eigenvalue weighted by molar-refractivity contribution is -0.275. The zero-order chi connectivity index (χ0) is 51.9. The molecular formula is C54H61F3N4O10Si. The molecule has 2 heterocycles. The van der Waals surface area contributed by atoms with Gasteiger partial charge in [0.15, 0.2) is 31.4 Å². The molecule has 0 saturated carbocycles. The Kier molecular flexibility index (Phi) is 14.5. The zero-order valence-corrected chi connectivity index (χ0v) is 42.5. The number of urea groups is 1. The predicted molar refractivity (Wildman–Crippen MR) is 264 cm³/mol. The maximum atomic E-state index is 15.9. The third-order valence-corrected chi connectivity index (χ3v) is 19.1. The summed E-state index contributed by atoms with van der Waals surface area (Å²) in [6, 6.07) is 17.2. The van der Waals surface area contributed by atoms with Crippen molar-refractivity contribution in [3.63, 3.8) is 0 Å². The Morgan fingerprint density at radius 2 is 1.57 bits per heavy atom. The SMILES string of the molecule is C=CCN(CC=C)[C@@H]1c2onc(OCc3ccccc3)c2C(=O)CC2(O[Si](C)(C)C(C)(C)C)C(O)=C3C(=O)c4c(c(OC(F)(F)F)cc(N5C(=O)CN(CCCC)C5=O)c4OCc4ccccc4)C[C@H]3C[C@@H]12. The highest BCUT2D eigenvalue weighted by molar-refractivity contribution is 6.74. The standard InChI is InChI=1S/C54H61F3N4O10Si/c1-9-12-25-60-30-41(63)61(51(60)66)38-28-40(69-54(55,56)57)36-26-35-27-37-45(59(23-10-2)24-11-3)48-44(50(58-70-48)68-32-34-21-17-14-18-22-34)39(62)29-53(37,71-72(7,8)52(4,5)6)49(65)42(35)46(64)43(36)47(38)67-31-33-19-15-13-16-20-33/h10-11,13-22,28,35,37,45,65H,2-3,9,12,23-27,29-32H2,1,4-8H3/t35-,37-,45-,53?/m0/s1. The van der Waals surface area contributed by atoms with Crippen LogP contribution in [0.15, 0.2) is 108 Å². The highest BCUT2D eigenvalue weighted by Crippen LogP contribution is 2.60. The first-order valence-electron chi connectivity index (χ1n) is 24.2. The number of amides is 3. The number of unbranched alkanes of at least 4 members (excludes halogenated alkanes) is 1. The Balaban J connectivity index is 1.38. The van der Waals surface area contributed by atoms with Crippen molar-refractivity contribution < 1.29 is 60.6 Å². The fourth-order valence-electron chi connectivity index (χ4n) is 10.2. The number of hydrogen-bond donors (Lipinski definition) is 1. The molecule has 1 fully saturated rings. The smallest absolute Gasteiger partial charge is 0.509 e. The van der Waals surface area contributed by atoms with Crippen molar-refractivity contribution in [2.75, 3.05) is 31.1 Å². The molecule has 3 amide bonds. The molecule has 4 atom stereocenters. The predicted octanol–water partition coefficient (Wildman–Crippen LogP) is 11.2. The van der Waals surface area contributed by atoms with E-state index in [2.05, 4.69) is 18.3 Å². The molecule has 14 nitrogen and oxygen atoms in total. The van der Waals surface area contributed by atoms with Gasteiger partial charge in [-0.25, -0.2) is 9.69 Å². The molecule has 0 radical (unpaired) electrons. The van der Waals surface area contributed by atoms with Crippen LogP contribution >= 0.6 is 0 Å². The van der Waals surface area contributed by atoms with Crippen molar-refractivity contribution >= 4 is 37.5 Å². The minimum atomic E-state index is -5.30. The van der Waals surface area contributed by atoms with Gasteiger partial charge in [-0.2, -0.15) is 0 Å². The highest BCUT2D eigenvalue weighted by Gasteiger charge is 2.63. The number of alkyl halides is 3. The first-order chi connectivity index (χ1) is 34.1. The average Bonchev–Trinajstić information content (AvgIpc) is 3.84. The van der Waals surface area contributed by atoms with E-state index in [1.54, 1.807) is 42.5 Å². The normalized spacial score (nSPS) is 21.3. The Labute approximate surface area is 418 Å². The van der Waals surface area contributed by atoms with Crippen LogP contribution in [0.25, 0.3) is 0 Å². The minimum absolute atomic E-state index is 0.0204. The van der Waals surface area contributed by atoms with Gasteiger partial charge in [-0.15, -0.1) is 26.3 Å². The first-order valence-corrected chi connectivity index (χ1v) is 27.1. The molecule has 1 unspecified atom stereocenters. The van der Waals surface area contributed by atoms with Gasteiger partial charge in [-0.1, -0.05) is 107 Å². The molecule has 382 valence electrons. The molecule has 4 aliphatic rings. The molecule has 1 N–H and O–H groups in total. The third kappa shape index (κ3) is 9.75. The molecule has 72 heavy (non-hydrogen) atoms. The van der Waals surface area contributed by atoms with E-state index < -0.39 is 95.9 Å². The van der Waals surface area contributed by atoms with Crippen LogP contribution in [0.4, 0.5) is 23.7 Å². The lowest BCUT2D eigenvalue weighted by Gasteiger charge is -2.54. The number of aliphatic hydroxyl groups excluding tert-OH is 1. The molecule has 0 bridgehead atoms. The van der Waals surface area contributed by atoms with Gasteiger partial charge >= 0.3 is 12.4 Å². The molecule has 18 heteroatoms. The number of aromatic nitrogens is 1. The largest absolute Gasteiger partial charge is 0.573 e. The lowest BCUT2D eigenvalue weighted by atomic mass is 9.62. The van der Waals surface area contributed by atoms with Gasteiger partial charge < -0.3 is 33.2 Å². The number of Topliss-reactive ketones (excluding diaryl/α,β-unsaturated/α-hetero) is 2. The zero-order valence-electron chi connectivity index (χ0n) is 41.5. The molecule has 1 saturated heterocycles. The Hall–Kier alpha value is -6.50. The van der Waals surface area contributed by atoms with E-state index in [4.69, 9.17) is 23.2 Å². The summed E-state index contributed by atoms with van der Waals surface area (Å²) in [4.78, 5) is 63.2. The van der Waals surface area contributed by atoms with E-state index in [1.165, 1.54) is 4.90 Å². The Morgan fingerprint density at radius 1 is 0.944 bits per heavy atom. The van der Waals surface area contributed by atoms with Crippen molar-refractivity contribution in [2.45, 2.75) is 109 Å². The van der Waals surface area contributed by atoms with E-state index in [-0.39, 0.29) is 86.3 Å². The molecule has 0 spiro atoms. The number of ether oxygens (including phenoxy) is 3. The van der Waals surface area contributed by atoms with Crippen LogP contribution < -0.4 is 19.1 Å². The number of allylic oxidation sites excluding steroid dienone is 1. The first kappa shape index (κ1) is 51.8. The van der Waals surface area contributed by atoms with E-state index in [1.807, 2.05) is 76.0 Å². The molecule has 8 rings (SSSR count). The summed E-state index contributed by atoms with van der Waals surface area (Å²) in [5, 5.41) is 17.2. The minimum Gasteiger partial charge on any atom is -0.509 e. The number of imide groups is 1. The number of aliphatic hydroxyl groups is 1. The molecule has 4 aromatic rings. The van der Waals surface area contributed by atoms with E-state index in [9.17, 15) is 27.9 Å². The van der Waals surface area contributed by atoms with Gasteiger partial charge in [0, 0.05) is 49.2 Å². The molecule has 3 aromatic carbocycles. The Morgan fingerprint density at radius 3 is 2.15 bits per heavy atom. The van der Waals surface area contributed by atoms with Crippen LogP contribution in [0.1, 0.15) is 103 Å².